The number of rotatable bonds is 9. The molecule has 2 aliphatic carbocycles. The van der Waals surface area contributed by atoms with Crippen molar-refractivity contribution in [3.8, 4) is 0 Å². The van der Waals surface area contributed by atoms with Gasteiger partial charge in [0.2, 0.25) is 0 Å². The molecule has 44 heavy (non-hydrogen) atoms. The minimum atomic E-state index is -0.999. The van der Waals surface area contributed by atoms with Crippen molar-refractivity contribution >= 4 is 17.9 Å². The van der Waals surface area contributed by atoms with Crippen LogP contribution in [0.25, 0.3) is 0 Å². The number of esters is 3. The van der Waals surface area contributed by atoms with Crippen LogP contribution in [0.2, 0.25) is 0 Å². The normalized spacial score (nSPS) is 45.8. The van der Waals surface area contributed by atoms with Gasteiger partial charge < -0.3 is 38.3 Å². The second-order valence-electron chi connectivity index (χ2n) is 14.4. The van der Waals surface area contributed by atoms with Gasteiger partial charge >= 0.3 is 17.9 Å². The van der Waals surface area contributed by atoms with E-state index in [4.69, 9.17) is 33.2 Å². The number of ether oxygens (including phenoxy) is 7. The SMILES string of the molecule is CC(=O)OC[C@]12C[C@H](OC(=O)CC(C)C)C(C)=C[C@H]1O[C@@H]1[C@H](O[C@H]3O[C@H](CO)[C@@H](C)[C@H](C)[C@H]3C)[C@@H](OC(C)=O)[C@@]2(C)[C@]12CO2. The highest BCUT2D eigenvalue weighted by Gasteiger charge is 2.86. The maximum atomic E-state index is 12.9. The summed E-state index contributed by atoms with van der Waals surface area (Å²) >= 11 is 0. The first kappa shape index (κ1) is 33.3. The Morgan fingerprint density at radius 2 is 1.73 bits per heavy atom. The van der Waals surface area contributed by atoms with Crippen LogP contribution in [0.15, 0.2) is 11.6 Å². The standard InChI is InChI=1S/C33H50O11/c1-16(2)10-26(37)41-23-12-32(14-38-21(7)35)25(11-17(23)3)43-29-27(28(40-22(8)36)31(32,9)33(29)15-39-33)44-30-20(6)18(4)19(5)24(13-34)42-30/h11,16,18-20,23-25,27-30,34H,10,12-15H2,1-9H3/t18-,19-,20+,23-,24+,25+,27+,28+,29+,30+,31+,32+,33-/m0/s1. The van der Waals surface area contributed by atoms with Gasteiger partial charge in [-0.25, -0.2) is 0 Å². The highest BCUT2D eigenvalue weighted by atomic mass is 16.7. The second-order valence-corrected chi connectivity index (χ2v) is 14.4. The summed E-state index contributed by atoms with van der Waals surface area (Å²) in [6.45, 7) is 16.9. The summed E-state index contributed by atoms with van der Waals surface area (Å²) in [5.41, 5.74) is -2.05. The van der Waals surface area contributed by atoms with Crippen LogP contribution in [0.5, 0.6) is 0 Å². The first-order chi connectivity index (χ1) is 20.6. The second kappa shape index (κ2) is 12.0. The Labute approximate surface area is 260 Å². The van der Waals surface area contributed by atoms with Crippen molar-refractivity contribution in [1.29, 1.82) is 0 Å². The quantitative estimate of drug-likeness (QED) is 0.175. The Bertz CT molecular complexity index is 1160. The summed E-state index contributed by atoms with van der Waals surface area (Å²) in [5, 5.41) is 10.1. The van der Waals surface area contributed by atoms with Gasteiger partial charge in [0.15, 0.2) is 6.29 Å². The molecule has 5 rings (SSSR count). The molecule has 2 bridgehead atoms. The Kier molecular flexibility index (Phi) is 9.05. The highest BCUT2D eigenvalue weighted by molar-refractivity contribution is 5.70. The topological polar surface area (TPSA) is 139 Å². The zero-order valence-corrected chi connectivity index (χ0v) is 27.5. The van der Waals surface area contributed by atoms with E-state index in [9.17, 15) is 19.5 Å². The van der Waals surface area contributed by atoms with E-state index in [2.05, 4.69) is 20.8 Å². The maximum Gasteiger partial charge on any atom is 0.306 e. The summed E-state index contributed by atoms with van der Waals surface area (Å²) in [6, 6.07) is 0. The fourth-order valence-electron chi connectivity index (χ4n) is 8.38. The molecule has 0 aromatic carbocycles. The summed E-state index contributed by atoms with van der Waals surface area (Å²) < 4.78 is 44.3. The van der Waals surface area contributed by atoms with Gasteiger partial charge in [0.25, 0.3) is 0 Å². The minimum Gasteiger partial charge on any atom is -0.465 e. The number of carbonyl (C=O) groups is 3. The van der Waals surface area contributed by atoms with Crippen LogP contribution < -0.4 is 0 Å². The predicted molar refractivity (Wildman–Crippen MR) is 156 cm³/mol. The van der Waals surface area contributed by atoms with Crippen LogP contribution in [0.1, 0.15) is 75.2 Å². The van der Waals surface area contributed by atoms with Crippen molar-refractivity contribution in [2.75, 3.05) is 19.8 Å². The lowest BCUT2D eigenvalue weighted by Crippen LogP contribution is -2.68. The van der Waals surface area contributed by atoms with E-state index in [0.717, 1.165) is 5.57 Å². The lowest BCUT2D eigenvalue weighted by Gasteiger charge is -2.58. The Hall–Kier alpha value is -2.05. The third-order valence-corrected chi connectivity index (χ3v) is 11.4. The summed E-state index contributed by atoms with van der Waals surface area (Å²) in [6.07, 6.45) is -2.09. The van der Waals surface area contributed by atoms with Crippen LogP contribution in [-0.2, 0) is 47.5 Å². The number of epoxide rings is 1. The van der Waals surface area contributed by atoms with Crippen LogP contribution in [0, 0.1) is 34.5 Å². The molecule has 248 valence electrons. The van der Waals surface area contributed by atoms with Crippen molar-refractivity contribution in [3.63, 3.8) is 0 Å². The number of hydrogen-bond acceptors (Lipinski definition) is 11. The molecule has 5 aliphatic rings. The molecule has 4 fully saturated rings. The molecule has 13 atom stereocenters. The molecule has 3 aliphatic heterocycles. The van der Waals surface area contributed by atoms with Gasteiger partial charge in [-0.15, -0.1) is 0 Å². The van der Waals surface area contributed by atoms with Gasteiger partial charge in [0, 0.05) is 32.6 Å². The van der Waals surface area contributed by atoms with Crippen LogP contribution >= 0.6 is 0 Å². The van der Waals surface area contributed by atoms with Gasteiger partial charge in [-0.05, 0) is 30.3 Å². The molecule has 0 radical (unpaired) electrons. The van der Waals surface area contributed by atoms with Crippen molar-refractivity contribution in [3.05, 3.63) is 11.6 Å². The van der Waals surface area contributed by atoms with E-state index >= 15 is 0 Å². The first-order valence-electron chi connectivity index (χ1n) is 16.0. The average molecular weight is 623 g/mol. The molecule has 11 nitrogen and oxygen atoms in total. The van der Waals surface area contributed by atoms with Gasteiger partial charge in [-0.1, -0.05) is 47.6 Å². The van der Waals surface area contributed by atoms with E-state index in [1.54, 1.807) is 0 Å². The smallest absolute Gasteiger partial charge is 0.306 e. The number of hydrogen-bond donors (Lipinski definition) is 1. The molecule has 11 heteroatoms. The average Bonchev–Trinajstić information content (AvgIpc) is 3.72. The van der Waals surface area contributed by atoms with E-state index < -0.39 is 71.3 Å². The minimum absolute atomic E-state index is 0.0284. The molecule has 0 aromatic heterocycles. The van der Waals surface area contributed by atoms with E-state index in [0.29, 0.717) is 6.61 Å². The molecule has 0 aromatic rings. The summed E-state index contributed by atoms with van der Waals surface area (Å²) in [7, 11) is 0. The molecule has 1 spiro atoms. The van der Waals surface area contributed by atoms with Crippen molar-refractivity contribution < 1.29 is 52.6 Å². The zero-order valence-electron chi connectivity index (χ0n) is 27.5. The van der Waals surface area contributed by atoms with Crippen LogP contribution in [-0.4, -0.2) is 91.3 Å². The fraction of sp³-hybridized carbons (Fsp3) is 0.848. The Balaban J connectivity index is 1.58. The Morgan fingerprint density at radius 1 is 1.05 bits per heavy atom. The molecule has 3 saturated heterocycles. The van der Waals surface area contributed by atoms with E-state index in [1.165, 1.54) is 13.8 Å². The fourth-order valence-corrected chi connectivity index (χ4v) is 8.38. The number of fused-ring (bicyclic) bond motifs is 2. The summed E-state index contributed by atoms with van der Waals surface area (Å²) in [5.74, 6) is -0.878. The number of aliphatic hydroxyl groups excluding tert-OH is 1. The molecular weight excluding hydrogens is 572 g/mol. The predicted octanol–water partition coefficient (Wildman–Crippen LogP) is 3.34. The maximum absolute atomic E-state index is 12.9. The van der Waals surface area contributed by atoms with Crippen molar-refractivity contribution in [1.82, 2.24) is 0 Å². The summed E-state index contributed by atoms with van der Waals surface area (Å²) in [4.78, 5) is 37.9. The number of carbonyl (C=O) groups excluding carboxylic acids is 3. The van der Waals surface area contributed by atoms with Gasteiger partial charge in [-0.2, -0.15) is 0 Å². The Morgan fingerprint density at radius 3 is 2.30 bits per heavy atom. The lowest BCUT2D eigenvalue weighted by atomic mass is 9.51. The number of aliphatic hydroxyl groups is 1. The van der Waals surface area contributed by atoms with E-state index in [-0.39, 0.29) is 55.7 Å². The van der Waals surface area contributed by atoms with Gasteiger partial charge in [0.1, 0.15) is 36.6 Å². The third-order valence-electron chi connectivity index (χ3n) is 11.4. The zero-order chi connectivity index (χ0) is 32.4. The molecule has 0 amide bonds. The highest BCUT2D eigenvalue weighted by Crippen LogP contribution is 2.72. The lowest BCUT2D eigenvalue weighted by molar-refractivity contribution is -0.288. The molecule has 0 unspecified atom stereocenters. The molecule has 1 saturated carbocycles. The van der Waals surface area contributed by atoms with E-state index in [1.807, 2.05) is 33.8 Å². The van der Waals surface area contributed by atoms with Gasteiger partial charge in [0.05, 0.1) is 36.3 Å². The van der Waals surface area contributed by atoms with Crippen LogP contribution in [0.3, 0.4) is 0 Å². The van der Waals surface area contributed by atoms with Gasteiger partial charge in [-0.3, -0.25) is 14.4 Å². The molecular formula is C33H50O11. The first-order valence-corrected chi connectivity index (χ1v) is 16.0. The molecule has 3 heterocycles. The third kappa shape index (κ3) is 5.20. The monoisotopic (exact) mass is 622 g/mol. The van der Waals surface area contributed by atoms with Crippen molar-refractivity contribution in [2.24, 2.45) is 34.5 Å². The molecule has 1 N–H and O–H groups in total. The largest absolute Gasteiger partial charge is 0.465 e. The van der Waals surface area contributed by atoms with Crippen LogP contribution in [0.4, 0.5) is 0 Å². The van der Waals surface area contributed by atoms with Crippen molar-refractivity contribution in [2.45, 2.75) is 124 Å².